The van der Waals surface area contributed by atoms with Crippen LogP contribution in [-0.2, 0) is 65.4 Å². The van der Waals surface area contributed by atoms with E-state index in [4.69, 9.17) is 37.0 Å². The fourth-order valence-corrected chi connectivity index (χ4v) is 14.8. The van der Waals surface area contributed by atoms with Gasteiger partial charge in [0.1, 0.15) is 19.3 Å². The molecule has 3 N–H and O–H groups in total. The van der Waals surface area contributed by atoms with Crippen LogP contribution in [0.3, 0.4) is 0 Å². The van der Waals surface area contributed by atoms with Crippen LogP contribution in [0.25, 0.3) is 0 Å². The van der Waals surface area contributed by atoms with E-state index in [2.05, 4.69) is 65.8 Å². The summed E-state index contributed by atoms with van der Waals surface area (Å²) >= 11 is 0. The van der Waals surface area contributed by atoms with Gasteiger partial charge in [0, 0.05) is 25.7 Å². The maximum atomic E-state index is 13.2. The van der Waals surface area contributed by atoms with Crippen molar-refractivity contribution in [3.8, 4) is 0 Å². The Morgan fingerprint density at radius 2 is 0.551 bits per heavy atom. The second-order valence-electron chi connectivity index (χ2n) is 31.7. The molecule has 0 spiro atoms. The number of carbonyl (C=O) groups excluding carboxylic acids is 4. The van der Waals surface area contributed by atoms with Crippen molar-refractivity contribution in [1.29, 1.82) is 0 Å². The third kappa shape index (κ3) is 80.0. The number of phosphoric ester groups is 2. The van der Waals surface area contributed by atoms with Gasteiger partial charge in [-0.25, -0.2) is 9.13 Å². The lowest BCUT2D eigenvalue weighted by Crippen LogP contribution is -2.30. The second kappa shape index (κ2) is 78.8. The number of esters is 4. The third-order valence-electron chi connectivity index (χ3n) is 20.4. The molecule has 0 fully saturated rings. The van der Waals surface area contributed by atoms with Gasteiger partial charge in [-0.15, -0.1) is 0 Å². The topological polar surface area (TPSA) is 237 Å². The molecule has 0 saturated heterocycles. The van der Waals surface area contributed by atoms with E-state index in [-0.39, 0.29) is 25.7 Å². The van der Waals surface area contributed by atoms with E-state index in [1.54, 1.807) is 0 Å². The molecule has 0 aliphatic carbocycles. The highest BCUT2D eigenvalue weighted by molar-refractivity contribution is 7.47. The van der Waals surface area contributed by atoms with E-state index in [9.17, 15) is 43.2 Å². The van der Waals surface area contributed by atoms with E-state index < -0.39 is 97.5 Å². The molecule has 17 nitrogen and oxygen atoms in total. The molecule has 6 atom stereocenters. The minimum Gasteiger partial charge on any atom is -0.462 e. The SMILES string of the molecule is CCCCCC/C=C\C=C/CCCCCCCC(=O)O[C@H](COC(=O)CCCCCCCCC(C)CC)COP(=O)(O)OC[C@H](O)COP(=O)(O)OC[C@@H](COC(=O)CCCCCCCCCCCCCCCCCCCCCCC)OC(=O)CCCCCCCCCCCCCCCCCCCCC(C)C. The minimum absolute atomic E-state index is 0.0844. The van der Waals surface area contributed by atoms with Gasteiger partial charge < -0.3 is 33.8 Å². The smallest absolute Gasteiger partial charge is 0.462 e. The maximum absolute atomic E-state index is 13.2. The van der Waals surface area contributed by atoms with Crippen molar-refractivity contribution in [2.75, 3.05) is 39.6 Å². The summed E-state index contributed by atoms with van der Waals surface area (Å²) in [6.45, 7) is 9.60. The Morgan fingerprint density at radius 3 is 0.841 bits per heavy atom. The van der Waals surface area contributed by atoms with Gasteiger partial charge in [0.2, 0.25) is 0 Å². The number of unbranched alkanes of at least 4 members (excludes halogenated alkanes) is 51. The first-order valence-electron chi connectivity index (χ1n) is 44.8. The number of allylic oxidation sites excluding steroid dienone is 4. The third-order valence-corrected chi connectivity index (χ3v) is 22.3. The van der Waals surface area contributed by atoms with Crippen molar-refractivity contribution < 1.29 is 80.2 Å². The fraction of sp³-hybridized carbons (Fsp3) is 0.909. The molecule has 0 aliphatic rings. The Bertz CT molecular complexity index is 2140. The van der Waals surface area contributed by atoms with Gasteiger partial charge in [0.15, 0.2) is 12.2 Å². The van der Waals surface area contributed by atoms with Crippen LogP contribution in [0, 0.1) is 11.8 Å². The number of rotatable bonds is 85. The molecule has 19 heteroatoms. The summed E-state index contributed by atoms with van der Waals surface area (Å²) in [4.78, 5) is 73.2. The molecule has 0 amide bonds. The average Bonchev–Trinajstić information content (AvgIpc) is 0.924. The number of hydrogen-bond donors (Lipinski definition) is 3. The Balaban J connectivity index is 5.24. The van der Waals surface area contributed by atoms with Crippen molar-refractivity contribution in [2.45, 2.75) is 464 Å². The summed E-state index contributed by atoms with van der Waals surface area (Å²) in [5.41, 5.74) is 0. The lowest BCUT2D eigenvalue weighted by molar-refractivity contribution is -0.161. The van der Waals surface area contributed by atoms with Crippen molar-refractivity contribution in [3.63, 3.8) is 0 Å². The molecule has 0 aromatic carbocycles. The summed E-state index contributed by atoms with van der Waals surface area (Å²) in [5.74, 6) is -0.587. The van der Waals surface area contributed by atoms with Crippen LogP contribution in [0.15, 0.2) is 24.3 Å². The zero-order valence-electron chi connectivity index (χ0n) is 69.9. The Hall–Kier alpha value is -2.46. The van der Waals surface area contributed by atoms with Gasteiger partial charge >= 0.3 is 39.5 Å². The zero-order valence-corrected chi connectivity index (χ0v) is 71.7. The molecule has 0 radical (unpaired) electrons. The summed E-state index contributed by atoms with van der Waals surface area (Å²) in [6.07, 6.45) is 74.6. The molecule has 0 heterocycles. The van der Waals surface area contributed by atoms with Crippen LogP contribution in [-0.4, -0.2) is 96.7 Å². The van der Waals surface area contributed by atoms with Gasteiger partial charge in [0.05, 0.1) is 26.4 Å². The molecule has 632 valence electrons. The predicted molar refractivity (Wildman–Crippen MR) is 441 cm³/mol. The molecule has 0 bridgehead atoms. The first-order chi connectivity index (χ1) is 51.9. The fourth-order valence-electron chi connectivity index (χ4n) is 13.2. The lowest BCUT2D eigenvalue weighted by atomic mass is 10.00. The largest absolute Gasteiger partial charge is 0.472 e. The van der Waals surface area contributed by atoms with Crippen molar-refractivity contribution in [3.05, 3.63) is 24.3 Å². The zero-order chi connectivity index (χ0) is 78.5. The maximum Gasteiger partial charge on any atom is 0.472 e. The summed E-state index contributed by atoms with van der Waals surface area (Å²) in [5, 5.41) is 10.7. The molecular weight excluding hydrogens is 1390 g/mol. The predicted octanol–water partition coefficient (Wildman–Crippen LogP) is 26.6. The normalized spacial score (nSPS) is 14.2. The Kier molecular flexibility index (Phi) is 77.0. The van der Waals surface area contributed by atoms with Crippen LogP contribution < -0.4 is 0 Å². The van der Waals surface area contributed by atoms with Crippen LogP contribution >= 0.6 is 15.6 Å². The number of ether oxygens (including phenoxy) is 4. The highest BCUT2D eigenvalue weighted by Gasteiger charge is 2.30. The van der Waals surface area contributed by atoms with Crippen molar-refractivity contribution >= 4 is 39.5 Å². The molecule has 0 aromatic rings. The van der Waals surface area contributed by atoms with Gasteiger partial charge in [0.25, 0.3) is 0 Å². The molecule has 0 aliphatic heterocycles. The van der Waals surface area contributed by atoms with E-state index in [1.807, 2.05) is 0 Å². The summed E-state index contributed by atoms with van der Waals surface area (Å²) < 4.78 is 68.9. The monoisotopic (exact) mass is 1560 g/mol. The molecule has 0 rings (SSSR count). The number of carbonyl (C=O) groups is 4. The van der Waals surface area contributed by atoms with Crippen LogP contribution in [0.1, 0.15) is 446 Å². The average molecular weight is 1560 g/mol. The van der Waals surface area contributed by atoms with Gasteiger partial charge in [-0.3, -0.25) is 37.3 Å². The molecule has 107 heavy (non-hydrogen) atoms. The quantitative estimate of drug-likeness (QED) is 0.0169. The lowest BCUT2D eigenvalue weighted by Gasteiger charge is -2.21. The van der Waals surface area contributed by atoms with Crippen LogP contribution in [0.5, 0.6) is 0 Å². The second-order valence-corrected chi connectivity index (χ2v) is 34.6. The number of phosphoric acid groups is 2. The Morgan fingerprint density at radius 1 is 0.308 bits per heavy atom. The van der Waals surface area contributed by atoms with E-state index >= 15 is 0 Å². The van der Waals surface area contributed by atoms with Crippen LogP contribution in [0.4, 0.5) is 0 Å². The van der Waals surface area contributed by atoms with E-state index in [0.29, 0.717) is 25.7 Å². The van der Waals surface area contributed by atoms with Crippen molar-refractivity contribution in [2.24, 2.45) is 11.8 Å². The molecule has 0 saturated carbocycles. The first-order valence-corrected chi connectivity index (χ1v) is 47.8. The number of hydrogen-bond acceptors (Lipinski definition) is 15. The molecule has 0 aromatic heterocycles. The van der Waals surface area contributed by atoms with Crippen LogP contribution in [0.2, 0.25) is 0 Å². The summed E-state index contributed by atoms with van der Waals surface area (Å²) in [7, 11) is -9.94. The van der Waals surface area contributed by atoms with Crippen molar-refractivity contribution in [1.82, 2.24) is 0 Å². The minimum atomic E-state index is -4.97. The highest BCUT2D eigenvalue weighted by atomic mass is 31.2. The highest BCUT2D eigenvalue weighted by Crippen LogP contribution is 2.45. The number of aliphatic hydroxyl groups excluding tert-OH is 1. The number of aliphatic hydroxyl groups is 1. The van der Waals surface area contributed by atoms with Gasteiger partial charge in [-0.1, -0.05) is 393 Å². The standard InChI is InChI=1S/C88H168O17P2/c1-7-10-12-14-16-18-20-22-24-25-26-27-28-32-36-39-43-47-51-58-64-70-85(90)98-76-83(104-87(92)72-67-61-53-49-45-41-37-33-30-29-31-35-38-42-46-50-56-62-68-80(4)5)78-102-106(94,95)100-74-82(89)75-101-107(96,97)103-79-84(77-99-86(91)71-65-59-55-54-57-63-69-81(6)9-3)105-88(93)73-66-60-52-48-44-40-34-23-21-19-17-15-13-11-8-2/h19,21,23,34,80-84,89H,7-18,20,22,24-33,35-79H2,1-6H3,(H,94,95)(H,96,97)/b21-19-,34-23-/t81?,82-,83-,84-/m1/s1. The van der Waals surface area contributed by atoms with E-state index in [1.165, 1.54) is 244 Å². The first kappa shape index (κ1) is 105. The van der Waals surface area contributed by atoms with E-state index in [0.717, 1.165) is 121 Å². The molecule has 3 unspecified atom stereocenters. The van der Waals surface area contributed by atoms with Gasteiger partial charge in [-0.05, 0) is 63.2 Å². The Labute approximate surface area is 656 Å². The summed E-state index contributed by atoms with van der Waals surface area (Å²) in [6, 6.07) is 0. The molecular formula is C88H168O17P2. The van der Waals surface area contributed by atoms with Gasteiger partial charge in [-0.2, -0.15) is 0 Å².